The number of anilines is 1. The molecule has 7 heteroatoms. The number of amides is 1. The third-order valence-electron chi connectivity index (χ3n) is 2.65. The molecule has 1 aromatic heterocycles. The Hall–Kier alpha value is -2.15. The summed E-state index contributed by atoms with van der Waals surface area (Å²) < 4.78 is 19.1. The fourth-order valence-electron chi connectivity index (χ4n) is 1.56. The van der Waals surface area contributed by atoms with E-state index in [4.69, 9.17) is 4.74 Å². The SMILES string of the molecule is CC(OC(=O)c1cc(Br)c[nH]1)C(=O)Nc1ccccc1F. The monoisotopic (exact) mass is 354 g/mol. The van der Waals surface area contributed by atoms with E-state index in [0.717, 1.165) is 0 Å². The van der Waals surface area contributed by atoms with Crippen LogP contribution >= 0.6 is 15.9 Å². The molecule has 0 radical (unpaired) electrons. The summed E-state index contributed by atoms with van der Waals surface area (Å²) in [6.45, 7) is 1.41. The van der Waals surface area contributed by atoms with Gasteiger partial charge in [0, 0.05) is 10.7 Å². The van der Waals surface area contributed by atoms with Gasteiger partial charge in [-0.3, -0.25) is 4.79 Å². The highest BCUT2D eigenvalue weighted by Gasteiger charge is 2.20. The summed E-state index contributed by atoms with van der Waals surface area (Å²) in [6, 6.07) is 7.28. The second kappa shape index (κ2) is 6.53. The summed E-state index contributed by atoms with van der Waals surface area (Å²) in [5.74, 6) is -1.84. The minimum absolute atomic E-state index is 0.0352. The molecule has 0 aliphatic rings. The number of halogens is 2. The number of aromatic nitrogens is 1. The van der Waals surface area contributed by atoms with E-state index in [0.29, 0.717) is 4.47 Å². The first-order valence-corrected chi connectivity index (χ1v) is 6.87. The number of ether oxygens (including phenoxy) is 1. The molecule has 0 spiro atoms. The largest absolute Gasteiger partial charge is 0.448 e. The van der Waals surface area contributed by atoms with Crippen molar-refractivity contribution >= 4 is 33.5 Å². The van der Waals surface area contributed by atoms with Crippen LogP contribution in [0.1, 0.15) is 17.4 Å². The van der Waals surface area contributed by atoms with Crippen LogP contribution in [0.4, 0.5) is 10.1 Å². The average Bonchev–Trinajstić information content (AvgIpc) is 2.88. The molecule has 2 aromatic rings. The number of carbonyl (C=O) groups is 2. The number of esters is 1. The lowest BCUT2D eigenvalue weighted by Crippen LogP contribution is -2.30. The van der Waals surface area contributed by atoms with Gasteiger partial charge in [-0.2, -0.15) is 0 Å². The van der Waals surface area contributed by atoms with Gasteiger partial charge in [0.15, 0.2) is 6.10 Å². The van der Waals surface area contributed by atoms with Crippen molar-refractivity contribution in [2.45, 2.75) is 13.0 Å². The highest BCUT2D eigenvalue weighted by Crippen LogP contribution is 2.14. The lowest BCUT2D eigenvalue weighted by Gasteiger charge is -2.13. The van der Waals surface area contributed by atoms with Gasteiger partial charge < -0.3 is 15.0 Å². The minimum Gasteiger partial charge on any atom is -0.448 e. The number of hydrogen-bond acceptors (Lipinski definition) is 3. The van der Waals surface area contributed by atoms with E-state index in [9.17, 15) is 14.0 Å². The van der Waals surface area contributed by atoms with Gasteiger partial charge in [-0.25, -0.2) is 9.18 Å². The van der Waals surface area contributed by atoms with E-state index >= 15 is 0 Å². The van der Waals surface area contributed by atoms with E-state index in [1.807, 2.05) is 0 Å². The second-order valence-corrected chi connectivity index (χ2v) is 5.16. The van der Waals surface area contributed by atoms with Crippen molar-refractivity contribution in [3.05, 3.63) is 52.5 Å². The maximum Gasteiger partial charge on any atom is 0.355 e. The Morgan fingerprint density at radius 2 is 2.10 bits per heavy atom. The molecule has 0 aliphatic heterocycles. The molecule has 0 aliphatic carbocycles. The Morgan fingerprint density at radius 1 is 1.38 bits per heavy atom. The second-order valence-electron chi connectivity index (χ2n) is 4.25. The highest BCUT2D eigenvalue weighted by molar-refractivity contribution is 9.10. The Balaban J connectivity index is 1.97. The molecule has 1 amide bonds. The molecule has 1 atom stereocenters. The number of para-hydroxylation sites is 1. The number of carbonyl (C=O) groups excluding carboxylic acids is 2. The fraction of sp³-hybridized carbons (Fsp3) is 0.143. The summed E-state index contributed by atoms with van der Waals surface area (Å²) in [4.78, 5) is 26.3. The third-order valence-corrected chi connectivity index (χ3v) is 3.11. The topological polar surface area (TPSA) is 71.2 Å². The van der Waals surface area contributed by atoms with Crippen LogP contribution in [0.15, 0.2) is 41.0 Å². The zero-order chi connectivity index (χ0) is 15.4. The van der Waals surface area contributed by atoms with Crippen molar-refractivity contribution in [2.75, 3.05) is 5.32 Å². The average molecular weight is 355 g/mol. The van der Waals surface area contributed by atoms with E-state index in [1.165, 1.54) is 31.2 Å². The van der Waals surface area contributed by atoms with Gasteiger partial charge in [0.05, 0.1) is 5.69 Å². The quantitative estimate of drug-likeness (QED) is 0.828. The van der Waals surface area contributed by atoms with Crippen molar-refractivity contribution in [1.82, 2.24) is 4.98 Å². The molecule has 0 bridgehead atoms. The zero-order valence-corrected chi connectivity index (χ0v) is 12.6. The number of H-pyrrole nitrogens is 1. The zero-order valence-electron chi connectivity index (χ0n) is 11.0. The van der Waals surface area contributed by atoms with Crippen molar-refractivity contribution in [3.8, 4) is 0 Å². The predicted octanol–water partition coefficient (Wildman–Crippen LogP) is 3.10. The molecule has 2 rings (SSSR count). The standard InChI is InChI=1S/C14H12BrFN2O3/c1-8(21-14(20)12-6-9(15)7-17-12)13(19)18-11-5-3-2-4-10(11)16/h2-8,17H,1H3,(H,18,19). The summed E-state index contributed by atoms with van der Waals surface area (Å²) >= 11 is 3.19. The summed E-state index contributed by atoms with van der Waals surface area (Å²) in [6.07, 6.45) is 0.514. The van der Waals surface area contributed by atoms with Crippen LogP contribution in [-0.4, -0.2) is 23.0 Å². The summed E-state index contributed by atoms with van der Waals surface area (Å²) in [5, 5.41) is 2.36. The normalized spacial score (nSPS) is 11.8. The summed E-state index contributed by atoms with van der Waals surface area (Å²) in [5.41, 5.74) is 0.250. The van der Waals surface area contributed by atoms with Crippen LogP contribution in [0.3, 0.4) is 0 Å². The number of benzene rings is 1. The smallest absolute Gasteiger partial charge is 0.355 e. The van der Waals surface area contributed by atoms with Gasteiger partial charge in [-0.1, -0.05) is 12.1 Å². The van der Waals surface area contributed by atoms with Crippen LogP contribution in [0.25, 0.3) is 0 Å². The number of aromatic amines is 1. The van der Waals surface area contributed by atoms with Gasteiger partial charge in [0.1, 0.15) is 11.5 Å². The Kier molecular flexibility index (Phi) is 4.74. The molecule has 2 N–H and O–H groups in total. The van der Waals surface area contributed by atoms with E-state index in [1.54, 1.807) is 12.3 Å². The van der Waals surface area contributed by atoms with E-state index < -0.39 is 23.8 Å². The molecule has 0 saturated carbocycles. The first-order chi connectivity index (χ1) is 9.97. The van der Waals surface area contributed by atoms with Gasteiger partial charge >= 0.3 is 5.97 Å². The fourth-order valence-corrected chi connectivity index (χ4v) is 1.90. The number of nitrogens with one attached hydrogen (secondary N) is 2. The minimum atomic E-state index is -1.06. The van der Waals surface area contributed by atoms with Crippen LogP contribution < -0.4 is 5.32 Å². The first-order valence-electron chi connectivity index (χ1n) is 6.07. The van der Waals surface area contributed by atoms with Crippen LogP contribution in [0.5, 0.6) is 0 Å². The number of rotatable bonds is 4. The summed E-state index contributed by atoms with van der Waals surface area (Å²) in [7, 11) is 0. The predicted molar refractivity (Wildman–Crippen MR) is 78.4 cm³/mol. The molecule has 5 nitrogen and oxygen atoms in total. The van der Waals surface area contributed by atoms with Gasteiger partial charge in [-0.05, 0) is 41.1 Å². The molecular formula is C14H12BrFN2O3. The van der Waals surface area contributed by atoms with Crippen LogP contribution in [-0.2, 0) is 9.53 Å². The molecule has 21 heavy (non-hydrogen) atoms. The van der Waals surface area contributed by atoms with Crippen molar-refractivity contribution in [2.24, 2.45) is 0 Å². The molecule has 0 saturated heterocycles. The molecular weight excluding hydrogens is 343 g/mol. The Labute approximate surface area is 128 Å². The van der Waals surface area contributed by atoms with Crippen molar-refractivity contribution in [3.63, 3.8) is 0 Å². The molecule has 1 aromatic carbocycles. The van der Waals surface area contributed by atoms with E-state index in [2.05, 4.69) is 26.2 Å². The van der Waals surface area contributed by atoms with Crippen molar-refractivity contribution < 1.29 is 18.7 Å². The van der Waals surface area contributed by atoms with Gasteiger partial charge in [-0.15, -0.1) is 0 Å². The molecule has 110 valence electrons. The Bertz CT molecular complexity index is 672. The van der Waals surface area contributed by atoms with Gasteiger partial charge in [0.25, 0.3) is 5.91 Å². The first kappa shape index (κ1) is 15.2. The third kappa shape index (κ3) is 3.91. The maximum atomic E-state index is 13.4. The highest BCUT2D eigenvalue weighted by atomic mass is 79.9. The van der Waals surface area contributed by atoms with Crippen molar-refractivity contribution in [1.29, 1.82) is 0 Å². The van der Waals surface area contributed by atoms with Gasteiger partial charge in [0.2, 0.25) is 0 Å². The lowest BCUT2D eigenvalue weighted by atomic mass is 10.3. The number of hydrogen-bond donors (Lipinski definition) is 2. The van der Waals surface area contributed by atoms with Crippen LogP contribution in [0, 0.1) is 5.82 Å². The maximum absolute atomic E-state index is 13.4. The lowest BCUT2D eigenvalue weighted by molar-refractivity contribution is -0.123. The van der Waals surface area contributed by atoms with E-state index in [-0.39, 0.29) is 11.4 Å². The molecule has 1 heterocycles. The molecule has 0 fully saturated rings. The van der Waals surface area contributed by atoms with Crippen LogP contribution in [0.2, 0.25) is 0 Å². The molecule has 1 unspecified atom stereocenters. The Morgan fingerprint density at radius 3 is 2.71 bits per heavy atom.